The lowest BCUT2D eigenvalue weighted by atomic mass is 10.1. The minimum absolute atomic E-state index is 0.133. The van der Waals surface area contributed by atoms with Gasteiger partial charge in [0.25, 0.3) is 12.0 Å². The standard InChI is InChI=1S/C25H43NO6/c1-2-3-4-5-6-7-8-9-10-11-12-13-17-30-23-21-22(27)24(32-23)25(28)31-20-16-26-14-18-29-19-15-26/h21,24H,2-20H2,1H3. The minimum Gasteiger partial charge on any atom is -0.465 e. The van der Waals surface area contributed by atoms with Crippen molar-refractivity contribution in [2.75, 3.05) is 46.1 Å². The molecule has 32 heavy (non-hydrogen) atoms. The Hall–Kier alpha value is -1.60. The van der Waals surface area contributed by atoms with E-state index in [1.54, 1.807) is 0 Å². The number of nitrogens with zero attached hydrogens (tertiary/aromatic N) is 1. The average molecular weight is 454 g/mol. The molecule has 0 radical (unpaired) electrons. The van der Waals surface area contributed by atoms with Gasteiger partial charge in [-0.25, -0.2) is 4.79 Å². The number of ketones is 1. The summed E-state index contributed by atoms with van der Waals surface area (Å²) in [6, 6.07) is 0. The first-order valence-corrected chi connectivity index (χ1v) is 12.7. The zero-order valence-electron chi connectivity index (χ0n) is 20.0. The molecule has 184 valence electrons. The average Bonchev–Trinajstić information content (AvgIpc) is 3.18. The maximum absolute atomic E-state index is 12.1. The van der Waals surface area contributed by atoms with Gasteiger partial charge < -0.3 is 18.9 Å². The molecule has 1 atom stereocenters. The Morgan fingerprint density at radius 1 is 0.938 bits per heavy atom. The molecule has 0 aliphatic carbocycles. The first-order valence-electron chi connectivity index (χ1n) is 12.7. The summed E-state index contributed by atoms with van der Waals surface area (Å²) >= 11 is 0. The maximum Gasteiger partial charge on any atom is 0.355 e. The highest BCUT2D eigenvalue weighted by atomic mass is 16.7. The maximum atomic E-state index is 12.1. The van der Waals surface area contributed by atoms with Crippen LogP contribution in [0.2, 0.25) is 0 Å². The van der Waals surface area contributed by atoms with Gasteiger partial charge in [-0.1, -0.05) is 77.6 Å². The summed E-state index contributed by atoms with van der Waals surface area (Å²) in [6.45, 7) is 6.67. The predicted molar refractivity (Wildman–Crippen MR) is 123 cm³/mol. The molecule has 1 saturated heterocycles. The van der Waals surface area contributed by atoms with Crippen LogP contribution in [0.15, 0.2) is 12.0 Å². The number of unbranched alkanes of at least 4 members (excludes halogenated alkanes) is 11. The van der Waals surface area contributed by atoms with E-state index in [-0.39, 0.29) is 12.6 Å². The lowest BCUT2D eigenvalue weighted by molar-refractivity contribution is -0.159. The lowest BCUT2D eigenvalue weighted by Crippen LogP contribution is -2.39. The fraction of sp³-hybridized carbons (Fsp3) is 0.840. The van der Waals surface area contributed by atoms with Crippen LogP contribution in [0.5, 0.6) is 0 Å². The van der Waals surface area contributed by atoms with E-state index in [4.69, 9.17) is 18.9 Å². The molecule has 2 rings (SSSR count). The second-order valence-corrected chi connectivity index (χ2v) is 8.72. The zero-order chi connectivity index (χ0) is 22.9. The second kappa shape index (κ2) is 17.0. The van der Waals surface area contributed by atoms with E-state index >= 15 is 0 Å². The molecule has 0 bridgehead atoms. The highest BCUT2D eigenvalue weighted by Gasteiger charge is 2.36. The molecule has 1 unspecified atom stereocenters. The van der Waals surface area contributed by atoms with Gasteiger partial charge in [-0.3, -0.25) is 9.69 Å². The van der Waals surface area contributed by atoms with Crippen LogP contribution in [0.3, 0.4) is 0 Å². The zero-order valence-corrected chi connectivity index (χ0v) is 20.0. The molecule has 0 spiro atoms. The minimum atomic E-state index is -1.23. The van der Waals surface area contributed by atoms with Crippen LogP contribution in [-0.2, 0) is 28.5 Å². The SMILES string of the molecule is CCCCCCCCCCCCCCOC1=CC(=O)C(C(=O)OCCN2CCOCC2)O1. The van der Waals surface area contributed by atoms with E-state index in [0.717, 1.165) is 25.9 Å². The van der Waals surface area contributed by atoms with Crippen molar-refractivity contribution in [3.63, 3.8) is 0 Å². The molecule has 2 aliphatic heterocycles. The number of carbonyl (C=O) groups excluding carboxylic acids is 2. The molecule has 2 heterocycles. The van der Waals surface area contributed by atoms with Crippen molar-refractivity contribution in [1.29, 1.82) is 0 Å². The van der Waals surface area contributed by atoms with Gasteiger partial charge in [0.1, 0.15) is 6.61 Å². The van der Waals surface area contributed by atoms with E-state index in [9.17, 15) is 9.59 Å². The summed E-state index contributed by atoms with van der Waals surface area (Å²) in [7, 11) is 0. The molecule has 1 fully saturated rings. The monoisotopic (exact) mass is 453 g/mol. The smallest absolute Gasteiger partial charge is 0.355 e. The number of hydrogen-bond donors (Lipinski definition) is 0. The Morgan fingerprint density at radius 2 is 1.53 bits per heavy atom. The van der Waals surface area contributed by atoms with Crippen LogP contribution in [0, 0.1) is 0 Å². The van der Waals surface area contributed by atoms with Crippen LogP contribution in [0.1, 0.15) is 84.0 Å². The van der Waals surface area contributed by atoms with Crippen molar-refractivity contribution in [2.24, 2.45) is 0 Å². The van der Waals surface area contributed by atoms with Crippen LogP contribution in [-0.4, -0.2) is 68.8 Å². The van der Waals surface area contributed by atoms with Crippen molar-refractivity contribution >= 4 is 11.8 Å². The third-order valence-corrected chi connectivity index (χ3v) is 5.96. The third kappa shape index (κ3) is 11.3. The Bertz CT molecular complexity index is 559. The topological polar surface area (TPSA) is 74.3 Å². The summed E-state index contributed by atoms with van der Waals surface area (Å²) in [5.74, 6) is -0.928. The van der Waals surface area contributed by atoms with Crippen molar-refractivity contribution in [3.8, 4) is 0 Å². The van der Waals surface area contributed by atoms with Crippen LogP contribution >= 0.6 is 0 Å². The Kier molecular flexibility index (Phi) is 14.1. The van der Waals surface area contributed by atoms with Crippen molar-refractivity contribution in [2.45, 2.75) is 90.1 Å². The quantitative estimate of drug-likeness (QED) is 0.173. The highest BCUT2D eigenvalue weighted by molar-refractivity contribution is 6.09. The van der Waals surface area contributed by atoms with Crippen LogP contribution < -0.4 is 0 Å². The summed E-state index contributed by atoms with van der Waals surface area (Å²) in [4.78, 5) is 26.3. The number of esters is 1. The fourth-order valence-corrected chi connectivity index (χ4v) is 3.93. The Balaban J connectivity index is 1.42. The van der Waals surface area contributed by atoms with Gasteiger partial charge in [0.05, 0.1) is 25.9 Å². The van der Waals surface area contributed by atoms with E-state index in [0.29, 0.717) is 26.4 Å². The predicted octanol–water partition coefficient (Wildman–Crippen LogP) is 4.39. The number of morpholine rings is 1. The van der Waals surface area contributed by atoms with Gasteiger partial charge >= 0.3 is 5.97 Å². The van der Waals surface area contributed by atoms with Crippen molar-refractivity contribution < 1.29 is 28.5 Å². The number of hydrogen-bond acceptors (Lipinski definition) is 7. The van der Waals surface area contributed by atoms with Crippen molar-refractivity contribution in [3.05, 3.63) is 12.0 Å². The van der Waals surface area contributed by atoms with Gasteiger partial charge in [-0.2, -0.15) is 0 Å². The number of ether oxygens (including phenoxy) is 4. The molecule has 0 saturated carbocycles. The number of rotatable bonds is 18. The molecular formula is C25H43NO6. The van der Waals surface area contributed by atoms with Gasteiger partial charge in [-0.15, -0.1) is 0 Å². The van der Waals surface area contributed by atoms with Gasteiger partial charge in [-0.05, 0) is 6.42 Å². The van der Waals surface area contributed by atoms with Gasteiger partial charge in [0.2, 0.25) is 5.78 Å². The first kappa shape index (κ1) is 26.7. The highest BCUT2D eigenvalue weighted by Crippen LogP contribution is 2.18. The molecular weight excluding hydrogens is 410 g/mol. The fourth-order valence-electron chi connectivity index (χ4n) is 3.93. The summed E-state index contributed by atoms with van der Waals surface area (Å²) < 4.78 is 21.4. The van der Waals surface area contributed by atoms with E-state index in [1.807, 2.05) is 0 Å². The molecule has 0 aromatic carbocycles. The Morgan fingerprint density at radius 3 is 2.16 bits per heavy atom. The molecule has 0 aromatic heterocycles. The Labute approximate surface area is 193 Å². The van der Waals surface area contributed by atoms with Crippen LogP contribution in [0.25, 0.3) is 0 Å². The van der Waals surface area contributed by atoms with Crippen molar-refractivity contribution in [1.82, 2.24) is 4.90 Å². The number of carbonyl (C=O) groups is 2. The lowest BCUT2D eigenvalue weighted by Gasteiger charge is -2.26. The normalized spacial score (nSPS) is 19.0. The van der Waals surface area contributed by atoms with E-state index in [2.05, 4.69) is 11.8 Å². The summed E-state index contributed by atoms with van der Waals surface area (Å²) in [5, 5.41) is 0. The molecule has 2 aliphatic rings. The second-order valence-electron chi connectivity index (χ2n) is 8.72. The molecule has 0 aromatic rings. The summed E-state index contributed by atoms with van der Waals surface area (Å²) in [6.07, 6.45) is 15.4. The van der Waals surface area contributed by atoms with E-state index in [1.165, 1.54) is 70.3 Å². The first-order chi connectivity index (χ1) is 15.7. The van der Waals surface area contributed by atoms with Crippen LogP contribution in [0.4, 0.5) is 0 Å². The largest absolute Gasteiger partial charge is 0.465 e. The van der Waals surface area contributed by atoms with Gasteiger partial charge in [0.15, 0.2) is 0 Å². The van der Waals surface area contributed by atoms with Gasteiger partial charge in [0, 0.05) is 19.6 Å². The van der Waals surface area contributed by atoms with E-state index < -0.39 is 17.9 Å². The molecule has 7 nitrogen and oxygen atoms in total. The molecule has 7 heteroatoms. The molecule has 0 N–H and O–H groups in total. The summed E-state index contributed by atoms with van der Waals surface area (Å²) in [5.41, 5.74) is 0. The molecule has 0 amide bonds. The third-order valence-electron chi connectivity index (χ3n) is 5.96.